The van der Waals surface area contributed by atoms with E-state index in [2.05, 4.69) is 160 Å². The Morgan fingerprint density at radius 3 is 1.32 bits per heavy atom. The van der Waals surface area contributed by atoms with Crippen LogP contribution in [-0.4, -0.2) is 74.9 Å². The molecule has 0 saturated carbocycles. The molecule has 2 rings (SSSR count). The maximum atomic E-state index is 12.7. The number of quaternary nitrogens is 1. The maximum absolute atomic E-state index is 12.7. The highest BCUT2D eigenvalue weighted by molar-refractivity contribution is 14.1. The van der Waals surface area contributed by atoms with Crippen molar-refractivity contribution in [3.05, 3.63) is 81.1 Å². The molecule has 2 aromatic rings. The highest BCUT2D eigenvalue weighted by Gasteiger charge is 2.29. The number of nitrogens with zero attached hydrogens (tertiary/aromatic N) is 1. The van der Waals surface area contributed by atoms with Gasteiger partial charge in [0.15, 0.2) is 0 Å². The van der Waals surface area contributed by atoms with Crippen molar-refractivity contribution in [1.82, 2.24) is 0 Å². The van der Waals surface area contributed by atoms with Crippen molar-refractivity contribution in [3.63, 3.8) is 0 Å². The van der Waals surface area contributed by atoms with Gasteiger partial charge in [-0.1, -0.05) is 88.5 Å². The molecular weight excluding hydrogens is 1490 g/mol. The van der Waals surface area contributed by atoms with Gasteiger partial charge in [0, 0.05) is 21.4 Å². The van der Waals surface area contributed by atoms with Crippen LogP contribution in [0.15, 0.2) is 48.6 Å². The number of rotatable bonds is 34. The van der Waals surface area contributed by atoms with E-state index in [1.54, 1.807) is 12.2 Å². The summed E-state index contributed by atoms with van der Waals surface area (Å²) in [5.74, 6) is -1.00. The molecule has 2 aromatic carbocycles. The van der Waals surface area contributed by atoms with Crippen LogP contribution >= 0.6 is 143 Å². The fraction of sp³-hybridized carbons (Fsp3) is 0.609. The van der Waals surface area contributed by atoms with E-state index < -0.39 is 25.9 Å². The molecule has 1 N–H and O–H groups in total. The minimum Gasteiger partial charge on any atom is -0.463 e. The van der Waals surface area contributed by atoms with Gasteiger partial charge in [-0.05, 0) is 222 Å². The number of benzene rings is 2. The van der Waals surface area contributed by atoms with Crippen LogP contribution in [0, 0.1) is 21.4 Å². The van der Waals surface area contributed by atoms with Crippen LogP contribution in [0.25, 0.3) is 0 Å². The summed E-state index contributed by atoms with van der Waals surface area (Å²) in [6, 6.07) is 9.02. The average Bonchev–Trinajstić information content (AvgIpc) is 3.17. The number of hydrogen-bond donors (Lipinski definition) is 1. The predicted molar refractivity (Wildman–Crippen MR) is 303 cm³/mol. The monoisotopic (exact) mass is 1550 g/mol. The van der Waals surface area contributed by atoms with Crippen LogP contribution in [0.4, 0.5) is 0 Å². The quantitative estimate of drug-likeness (QED) is 0.0184. The largest absolute Gasteiger partial charge is 0.472 e. The van der Waals surface area contributed by atoms with Gasteiger partial charge in [0.2, 0.25) is 0 Å². The van der Waals surface area contributed by atoms with E-state index in [-0.39, 0.29) is 32.7 Å². The third-order valence-electron chi connectivity index (χ3n) is 9.87. The second-order valence-electron chi connectivity index (χ2n) is 16.5. The van der Waals surface area contributed by atoms with E-state index in [1.165, 1.54) is 96.8 Å². The molecule has 1 unspecified atom stereocenters. The van der Waals surface area contributed by atoms with Gasteiger partial charge in [-0.15, -0.1) is 0 Å². The standard InChI is InChI=1S/C46H66I6NO8P/c1-53(2,3)28-29-60-62(56,57)61-38(34-58-45(54)26-22-18-14-10-6-4-8-12-16-20-24-39-41(49)30-36(47)31-42(39)50)35-59-46(55)27-23-19-15-11-7-5-9-13-17-21-25-40-43(51)32-37(48)33-44(40)52/h18-19,22-23,30-33,38H,4-17,20-21,24-29,34-35H2,1-3H3/p+1. The minimum absolute atomic E-state index is 0.0140. The maximum Gasteiger partial charge on any atom is 0.472 e. The van der Waals surface area contributed by atoms with Crippen molar-refractivity contribution >= 4 is 155 Å². The number of esters is 2. The van der Waals surface area contributed by atoms with E-state index in [4.69, 9.17) is 18.5 Å². The molecule has 0 aromatic heterocycles. The molecule has 0 spiro atoms. The zero-order chi connectivity index (χ0) is 45.8. The molecule has 0 aliphatic rings. The van der Waals surface area contributed by atoms with Gasteiger partial charge in [-0.2, -0.15) is 0 Å². The van der Waals surface area contributed by atoms with Gasteiger partial charge >= 0.3 is 19.8 Å². The van der Waals surface area contributed by atoms with Gasteiger partial charge < -0.3 is 18.9 Å². The summed E-state index contributed by atoms with van der Waals surface area (Å²) in [6.45, 7) is -0.246. The third kappa shape index (κ3) is 29.9. The number of carbonyl (C=O) groups excluding carboxylic acids is 2. The summed E-state index contributed by atoms with van der Waals surface area (Å²) in [5, 5.41) is 0. The Morgan fingerprint density at radius 1 is 0.597 bits per heavy atom. The number of phosphoric ester groups is 1. The van der Waals surface area contributed by atoms with Gasteiger partial charge in [0.25, 0.3) is 0 Å². The van der Waals surface area contributed by atoms with Crippen molar-refractivity contribution < 1.29 is 42.1 Å². The van der Waals surface area contributed by atoms with Gasteiger partial charge in [-0.3, -0.25) is 18.6 Å². The number of allylic oxidation sites excluding steroid dienone is 2. The molecule has 0 bridgehead atoms. The summed E-state index contributed by atoms with van der Waals surface area (Å²) in [7, 11) is 1.30. The van der Waals surface area contributed by atoms with Crippen molar-refractivity contribution in [3.8, 4) is 0 Å². The predicted octanol–water partition coefficient (Wildman–Crippen LogP) is 14.5. The number of unbranched alkanes of at least 4 members (excludes halogenated alkanes) is 14. The Bertz CT molecular complexity index is 1590. The van der Waals surface area contributed by atoms with Crippen LogP contribution in [0.2, 0.25) is 0 Å². The lowest BCUT2D eigenvalue weighted by Crippen LogP contribution is -2.37. The average molecular weight is 1550 g/mol. The van der Waals surface area contributed by atoms with E-state index in [9.17, 15) is 19.0 Å². The van der Waals surface area contributed by atoms with Crippen LogP contribution < -0.4 is 0 Å². The smallest absolute Gasteiger partial charge is 0.463 e. The highest BCUT2D eigenvalue weighted by atomic mass is 127. The SMILES string of the molecule is C[N+](C)(C)CCOP(=O)(O)OC(COC(=O)CC=CCCCCCCCCCc1c(I)cc(I)cc1I)COC(=O)CC=CCCCCCCCCCc1c(I)cc(I)cc1I. The second-order valence-corrected chi connectivity index (χ2v) is 25.0. The van der Waals surface area contributed by atoms with Crippen LogP contribution in [0.5, 0.6) is 0 Å². The molecular formula is C46H67I6NO8P+. The number of likely N-dealkylation sites (N-methyl/N-ethyl adjacent to an activating group) is 1. The first kappa shape index (κ1) is 59.4. The Morgan fingerprint density at radius 2 is 0.952 bits per heavy atom. The van der Waals surface area contributed by atoms with E-state index in [0.717, 1.165) is 51.4 Å². The first-order valence-corrected chi connectivity index (χ1v) is 29.8. The highest BCUT2D eigenvalue weighted by Crippen LogP contribution is 2.44. The third-order valence-corrected chi connectivity index (χ3v) is 16.0. The molecule has 350 valence electrons. The normalized spacial score (nSPS) is 13.5. The molecule has 0 aliphatic heterocycles. The molecule has 62 heavy (non-hydrogen) atoms. The molecule has 0 aliphatic carbocycles. The first-order chi connectivity index (χ1) is 29.5. The molecule has 0 fully saturated rings. The fourth-order valence-corrected chi connectivity index (χ4v) is 15.5. The lowest BCUT2D eigenvalue weighted by atomic mass is 10.0. The number of carbonyl (C=O) groups is 2. The van der Waals surface area contributed by atoms with Crippen LogP contribution in [0.3, 0.4) is 0 Å². The first-order valence-electron chi connectivity index (χ1n) is 21.8. The molecule has 16 heteroatoms. The zero-order valence-corrected chi connectivity index (χ0v) is 50.5. The summed E-state index contributed by atoms with van der Waals surface area (Å²) < 4.78 is 42.6. The second kappa shape index (κ2) is 34.6. The minimum atomic E-state index is -4.51. The molecule has 0 amide bonds. The summed E-state index contributed by atoms with van der Waals surface area (Å²) in [5.41, 5.74) is 2.96. The molecule has 0 radical (unpaired) electrons. The van der Waals surface area contributed by atoms with Crippen LogP contribution in [-0.2, 0) is 45.5 Å². The Hall–Kier alpha value is 1.31. The lowest BCUT2D eigenvalue weighted by Gasteiger charge is -2.25. The lowest BCUT2D eigenvalue weighted by molar-refractivity contribution is -0.870. The van der Waals surface area contributed by atoms with Crippen molar-refractivity contribution in [1.29, 1.82) is 0 Å². The Labute approximate surface area is 454 Å². The molecule has 0 heterocycles. The number of ether oxygens (including phenoxy) is 2. The van der Waals surface area contributed by atoms with E-state index in [1.807, 2.05) is 33.3 Å². The molecule has 0 saturated heterocycles. The number of hydrogen-bond acceptors (Lipinski definition) is 7. The Kier molecular flexibility index (Phi) is 33.1. The van der Waals surface area contributed by atoms with Crippen LogP contribution in [0.1, 0.15) is 127 Å². The van der Waals surface area contributed by atoms with Gasteiger partial charge in [0.1, 0.15) is 32.5 Å². The van der Waals surface area contributed by atoms with Crippen molar-refractivity contribution in [2.24, 2.45) is 0 Å². The zero-order valence-electron chi connectivity index (χ0n) is 36.6. The number of halogens is 6. The van der Waals surface area contributed by atoms with E-state index >= 15 is 0 Å². The fourth-order valence-electron chi connectivity index (χ4n) is 6.36. The molecule has 1 atom stereocenters. The van der Waals surface area contributed by atoms with Crippen molar-refractivity contribution in [2.45, 2.75) is 135 Å². The molecule has 9 nitrogen and oxygen atoms in total. The summed E-state index contributed by atoms with van der Waals surface area (Å²) in [6.07, 6.45) is 27.4. The summed E-state index contributed by atoms with van der Waals surface area (Å²) >= 11 is 14.6. The number of phosphoric acid groups is 1. The van der Waals surface area contributed by atoms with E-state index in [0.29, 0.717) is 11.0 Å². The topological polar surface area (TPSA) is 108 Å². The van der Waals surface area contributed by atoms with Gasteiger partial charge in [0.05, 0.1) is 34.0 Å². The summed E-state index contributed by atoms with van der Waals surface area (Å²) in [4.78, 5) is 35.4. The van der Waals surface area contributed by atoms with Gasteiger partial charge in [-0.25, -0.2) is 4.57 Å². The van der Waals surface area contributed by atoms with Crippen molar-refractivity contribution in [2.75, 3.05) is 47.5 Å². The Balaban J connectivity index is 1.62.